The molecule has 0 bridgehead atoms. The third-order valence-corrected chi connectivity index (χ3v) is 4.31. The third kappa shape index (κ3) is 5.07. The monoisotopic (exact) mass is 379 g/mol. The maximum Gasteiger partial charge on any atom is 0.251 e. The van der Waals surface area contributed by atoms with E-state index in [1.807, 2.05) is 24.3 Å². The third-order valence-electron chi connectivity index (χ3n) is 4.31. The van der Waals surface area contributed by atoms with Crippen LogP contribution in [0.1, 0.15) is 21.5 Å². The van der Waals surface area contributed by atoms with E-state index in [2.05, 4.69) is 15.6 Å². The Morgan fingerprint density at radius 3 is 2.61 bits per heavy atom. The van der Waals surface area contributed by atoms with E-state index in [0.717, 1.165) is 17.7 Å². The average molecular weight is 379 g/mol. The van der Waals surface area contributed by atoms with Crippen LogP contribution in [-0.2, 0) is 13.0 Å². The van der Waals surface area contributed by atoms with Crippen molar-refractivity contribution in [3.8, 4) is 5.75 Å². The van der Waals surface area contributed by atoms with Crippen molar-refractivity contribution in [1.82, 2.24) is 10.3 Å². The van der Waals surface area contributed by atoms with E-state index in [-0.39, 0.29) is 18.3 Å². The number of carbonyl (C=O) groups is 1. The Kier molecular flexibility index (Phi) is 6.57. The normalized spacial score (nSPS) is 10.4. The summed E-state index contributed by atoms with van der Waals surface area (Å²) >= 11 is 0. The van der Waals surface area contributed by atoms with Crippen molar-refractivity contribution < 1.29 is 13.9 Å². The van der Waals surface area contributed by atoms with Gasteiger partial charge in [-0.1, -0.05) is 36.4 Å². The van der Waals surface area contributed by atoms with E-state index in [4.69, 9.17) is 4.74 Å². The number of aromatic nitrogens is 1. The molecule has 2 aromatic carbocycles. The quantitative estimate of drug-likeness (QED) is 0.625. The maximum absolute atomic E-state index is 13.7. The van der Waals surface area contributed by atoms with Crippen LogP contribution in [0.3, 0.4) is 0 Å². The Labute approximate surface area is 163 Å². The van der Waals surface area contributed by atoms with Crippen molar-refractivity contribution in [1.29, 1.82) is 0 Å². The zero-order valence-electron chi connectivity index (χ0n) is 15.6. The second-order valence-corrected chi connectivity index (χ2v) is 6.19. The molecule has 0 saturated heterocycles. The highest BCUT2D eigenvalue weighted by Crippen LogP contribution is 2.18. The van der Waals surface area contributed by atoms with Crippen LogP contribution in [0.2, 0.25) is 0 Å². The molecule has 0 aliphatic heterocycles. The van der Waals surface area contributed by atoms with Crippen LogP contribution in [0.5, 0.6) is 5.75 Å². The molecule has 0 aliphatic rings. The summed E-state index contributed by atoms with van der Waals surface area (Å²) in [7, 11) is 1.65. The van der Waals surface area contributed by atoms with Crippen LogP contribution in [0, 0.1) is 5.82 Å². The summed E-state index contributed by atoms with van der Waals surface area (Å²) in [5.74, 6) is 0.835. The number of hydrogen-bond donors (Lipinski definition) is 2. The summed E-state index contributed by atoms with van der Waals surface area (Å²) in [6.45, 7) is 0.776. The first-order valence-corrected chi connectivity index (χ1v) is 9.01. The first-order valence-electron chi connectivity index (χ1n) is 9.01. The zero-order valence-corrected chi connectivity index (χ0v) is 15.6. The number of nitrogens with zero attached hydrogens (tertiary/aromatic N) is 1. The number of rotatable bonds is 8. The Morgan fingerprint density at radius 1 is 1.07 bits per heavy atom. The van der Waals surface area contributed by atoms with Gasteiger partial charge in [0.15, 0.2) is 0 Å². The minimum atomic E-state index is -0.337. The molecule has 1 aromatic heterocycles. The molecule has 1 amide bonds. The van der Waals surface area contributed by atoms with Gasteiger partial charge in [-0.05, 0) is 36.2 Å². The summed E-state index contributed by atoms with van der Waals surface area (Å²) in [4.78, 5) is 16.6. The van der Waals surface area contributed by atoms with Gasteiger partial charge in [0.2, 0.25) is 0 Å². The van der Waals surface area contributed by atoms with Gasteiger partial charge in [-0.2, -0.15) is 0 Å². The fourth-order valence-corrected chi connectivity index (χ4v) is 2.82. The highest BCUT2D eigenvalue weighted by molar-refractivity contribution is 5.94. The van der Waals surface area contributed by atoms with Crippen LogP contribution in [0.25, 0.3) is 0 Å². The summed E-state index contributed by atoms with van der Waals surface area (Å²) in [6, 6.07) is 17.5. The van der Waals surface area contributed by atoms with Gasteiger partial charge in [0.25, 0.3) is 5.91 Å². The van der Waals surface area contributed by atoms with Crippen molar-refractivity contribution in [3.63, 3.8) is 0 Å². The molecule has 3 aromatic rings. The Balaban J connectivity index is 1.56. The average Bonchev–Trinajstić information content (AvgIpc) is 2.73. The lowest BCUT2D eigenvalue weighted by Crippen LogP contribution is -2.23. The lowest BCUT2D eigenvalue weighted by molar-refractivity contribution is 0.0950. The van der Waals surface area contributed by atoms with Crippen molar-refractivity contribution in [2.24, 2.45) is 0 Å². The topological polar surface area (TPSA) is 63.2 Å². The van der Waals surface area contributed by atoms with Crippen LogP contribution >= 0.6 is 0 Å². The maximum atomic E-state index is 13.7. The molecule has 0 atom stereocenters. The van der Waals surface area contributed by atoms with Crippen LogP contribution in [-0.4, -0.2) is 24.5 Å². The van der Waals surface area contributed by atoms with Crippen molar-refractivity contribution in [2.75, 3.05) is 19.0 Å². The number of anilines is 1. The number of methoxy groups -OCH3 is 1. The molecule has 1 heterocycles. The van der Waals surface area contributed by atoms with Gasteiger partial charge in [0.1, 0.15) is 17.4 Å². The molecular weight excluding hydrogens is 357 g/mol. The molecule has 28 heavy (non-hydrogen) atoms. The van der Waals surface area contributed by atoms with E-state index in [1.54, 1.807) is 43.6 Å². The minimum Gasteiger partial charge on any atom is -0.496 e. The van der Waals surface area contributed by atoms with Gasteiger partial charge in [0.05, 0.1) is 7.11 Å². The fourth-order valence-electron chi connectivity index (χ4n) is 2.82. The van der Waals surface area contributed by atoms with Crippen molar-refractivity contribution in [3.05, 3.63) is 89.4 Å². The van der Waals surface area contributed by atoms with Crippen LogP contribution < -0.4 is 15.4 Å². The summed E-state index contributed by atoms with van der Waals surface area (Å²) < 4.78 is 19.0. The van der Waals surface area contributed by atoms with Gasteiger partial charge < -0.3 is 15.4 Å². The number of amides is 1. The number of carbonyl (C=O) groups excluding carboxylic acids is 1. The molecule has 0 spiro atoms. The van der Waals surface area contributed by atoms with E-state index in [9.17, 15) is 9.18 Å². The van der Waals surface area contributed by atoms with Crippen molar-refractivity contribution in [2.45, 2.75) is 13.0 Å². The van der Waals surface area contributed by atoms with E-state index in [0.29, 0.717) is 23.5 Å². The first kappa shape index (κ1) is 19.4. The van der Waals surface area contributed by atoms with Crippen molar-refractivity contribution >= 4 is 11.7 Å². The summed E-state index contributed by atoms with van der Waals surface area (Å²) in [5, 5.41) is 5.95. The van der Waals surface area contributed by atoms with Gasteiger partial charge in [0, 0.05) is 30.4 Å². The number of nitrogens with one attached hydrogen (secondary N) is 2. The van der Waals surface area contributed by atoms with Gasteiger partial charge in [-0.15, -0.1) is 0 Å². The molecule has 0 aliphatic carbocycles. The van der Waals surface area contributed by atoms with Gasteiger partial charge >= 0.3 is 0 Å². The Morgan fingerprint density at radius 2 is 1.82 bits per heavy atom. The molecule has 0 saturated carbocycles. The molecule has 6 heteroatoms. The lowest BCUT2D eigenvalue weighted by Gasteiger charge is -2.10. The predicted molar refractivity (Wildman–Crippen MR) is 107 cm³/mol. The molecule has 0 radical (unpaired) electrons. The molecular formula is C22H22FN3O2. The number of halogens is 1. The van der Waals surface area contributed by atoms with Gasteiger partial charge in [-0.3, -0.25) is 4.79 Å². The lowest BCUT2D eigenvalue weighted by atomic mass is 10.1. The summed E-state index contributed by atoms with van der Waals surface area (Å²) in [6.07, 6.45) is 2.33. The molecule has 144 valence electrons. The molecule has 2 N–H and O–H groups in total. The Hall–Kier alpha value is -3.41. The zero-order chi connectivity index (χ0) is 19.8. The molecule has 0 unspecified atom stereocenters. The summed E-state index contributed by atoms with van der Waals surface area (Å²) in [5.41, 5.74) is 2.00. The standard InChI is InChI=1S/C22H22FN3O2/c1-28-20-9-5-3-6-16(20)10-12-24-21-14-17(11-13-25-21)22(27)26-15-18-7-2-4-8-19(18)23/h2-9,11,13-14H,10,12,15H2,1H3,(H,24,25)(H,26,27). The number of hydrogen-bond acceptors (Lipinski definition) is 4. The van der Waals surface area contributed by atoms with Crippen LogP contribution in [0.4, 0.5) is 10.2 Å². The smallest absolute Gasteiger partial charge is 0.251 e. The first-order chi connectivity index (χ1) is 13.7. The SMILES string of the molecule is COc1ccccc1CCNc1cc(C(=O)NCc2ccccc2F)ccn1. The van der Waals surface area contributed by atoms with Crippen LogP contribution in [0.15, 0.2) is 66.9 Å². The van der Waals surface area contributed by atoms with E-state index < -0.39 is 0 Å². The number of benzene rings is 2. The largest absolute Gasteiger partial charge is 0.496 e. The molecule has 0 fully saturated rings. The highest BCUT2D eigenvalue weighted by atomic mass is 19.1. The van der Waals surface area contributed by atoms with E-state index >= 15 is 0 Å². The van der Waals surface area contributed by atoms with E-state index in [1.165, 1.54) is 6.07 Å². The number of pyridine rings is 1. The predicted octanol–water partition coefficient (Wildman–Crippen LogP) is 3.81. The highest BCUT2D eigenvalue weighted by Gasteiger charge is 2.09. The molecule has 3 rings (SSSR count). The Bertz CT molecular complexity index is 946. The second-order valence-electron chi connectivity index (χ2n) is 6.19. The van der Waals surface area contributed by atoms with Gasteiger partial charge in [-0.25, -0.2) is 9.37 Å². The number of para-hydroxylation sites is 1. The molecule has 5 nitrogen and oxygen atoms in total. The second kappa shape index (κ2) is 9.50. The minimum absolute atomic E-state index is 0.129. The fraction of sp³-hybridized carbons (Fsp3) is 0.182. The number of ether oxygens (including phenoxy) is 1.